The molecule has 10 nitrogen and oxygen atoms in total. The molecule has 3 amide bonds. The summed E-state index contributed by atoms with van der Waals surface area (Å²) in [4.78, 5) is 47.2. The lowest BCUT2D eigenvalue weighted by Gasteiger charge is -2.13. The van der Waals surface area contributed by atoms with Crippen molar-refractivity contribution in [2.45, 2.75) is 0 Å². The number of carbonyl (C=O) groups is 3. The van der Waals surface area contributed by atoms with Gasteiger partial charge in [0.1, 0.15) is 4.92 Å². The van der Waals surface area contributed by atoms with Gasteiger partial charge in [-0.1, -0.05) is 12.1 Å². The van der Waals surface area contributed by atoms with Crippen LogP contribution in [0.15, 0.2) is 40.8 Å². The summed E-state index contributed by atoms with van der Waals surface area (Å²) in [5, 5.41) is 15.5. The van der Waals surface area contributed by atoms with Gasteiger partial charge < -0.3 is 20.0 Å². The van der Waals surface area contributed by atoms with Crippen LogP contribution in [-0.4, -0.2) is 48.2 Å². The average molecular weight is 360 g/mol. The molecule has 0 bridgehead atoms. The Kier molecular flexibility index (Phi) is 5.68. The van der Waals surface area contributed by atoms with E-state index in [9.17, 15) is 24.5 Å². The van der Waals surface area contributed by atoms with E-state index in [2.05, 4.69) is 10.6 Å². The van der Waals surface area contributed by atoms with Crippen LogP contribution in [0.25, 0.3) is 0 Å². The summed E-state index contributed by atoms with van der Waals surface area (Å²) in [5.41, 5.74) is 0.305. The highest BCUT2D eigenvalue weighted by Gasteiger charge is 2.19. The normalized spacial score (nSPS) is 10.1. The van der Waals surface area contributed by atoms with Crippen molar-refractivity contribution >= 4 is 29.3 Å². The minimum Gasteiger partial charge on any atom is -0.395 e. The number of amides is 3. The van der Waals surface area contributed by atoms with Crippen LogP contribution in [0.4, 0.5) is 11.6 Å². The molecule has 0 saturated carbocycles. The summed E-state index contributed by atoms with van der Waals surface area (Å²) in [5.74, 6) is -2.43. The number of nitrogens with zero attached hydrogens (tertiary/aromatic N) is 2. The number of furan rings is 1. The van der Waals surface area contributed by atoms with E-state index in [1.807, 2.05) is 0 Å². The molecule has 0 fully saturated rings. The maximum atomic E-state index is 12.3. The molecule has 0 atom stereocenters. The fourth-order valence-electron chi connectivity index (χ4n) is 1.93. The number of benzene rings is 1. The monoisotopic (exact) mass is 360 g/mol. The molecule has 0 unspecified atom stereocenters. The van der Waals surface area contributed by atoms with Crippen LogP contribution in [0.3, 0.4) is 0 Å². The number of carbonyl (C=O) groups excluding carboxylic acids is 3. The Morgan fingerprint density at radius 3 is 2.42 bits per heavy atom. The van der Waals surface area contributed by atoms with Crippen molar-refractivity contribution in [3.05, 3.63) is 57.8 Å². The molecule has 2 rings (SSSR count). The van der Waals surface area contributed by atoms with E-state index >= 15 is 0 Å². The summed E-state index contributed by atoms with van der Waals surface area (Å²) in [6.45, 7) is -0.196. The molecule has 26 heavy (non-hydrogen) atoms. The summed E-state index contributed by atoms with van der Waals surface area (Å²) in [6.07, 6.45) is 0. The SMILES string of the molecule is CN(C)C(=O)CNC(=O)c1ccccc1NC(=O)c1ccc([N+](=O)[O-])o1. The molecular weight excluding hydrogens is 344 g/mol. The number of anilines is 1. The Balaban J connectivity index is 2.12. The van der Waals surface area contributed by atoms with E-state index in [-0.39, 0.29) is 29.5 Å². The summed E-state index contributed by atoms with van der Waals surface area (Å²) < 4.78 is 4.82. The molecule has 0 aliphatic heterocycles. The molecule has 2 N–H and O–H groups in total. The molecule has 1 aromatic carbocycles. The molecular formula is C16H16N4O6. The van der Waals surface area contributed by atoms with Gasteiger partial charge in [-0.2, -0.15) is 0 Å². The number of nitro groups is 1. The van der Waals surface area contributed by atoms with Crippen molar-refractivity contribution in [1.82, 2.24) is 10.2 Å². The first-order valence-electron chi connectivity index (χ1n) is 7.42. The molecule has 1 aromatic heterocycles. The second kappa shape index (κ2) is 7.92. The molecule has 0 spiro atoms. The Hall–Kier alpha value is -3.69. The maximum Gasteiger partial charge on any atom is 0.433 e. The van der Waals surface area contributed by atoms with Crippen LogP contribution in [0.5, 0.6) is 0 Å². The van der Waals surface area contributed by atoms with Crippen molar-refractivity contribution in [2.75, 3.05) is 26.0 Å². The highest BCUT2D eigenvalue weighted by atomic mass is 16.6. The minimum atomic E-state index is -0.764. The largest absolute Gasteiger partial charge is 0.433 e. The van der Waals surface area contributed by atoms with Crippen LogP contribution in [0.1, 0.15) is 20.9 Å². The highest BCUT2D eigenvalue weighted by molar-refractivity contribution is 6.08. The van der Waals surface area contributed by atoms with Crippen LogP contribution in [-0.2, 0) is 4.79 Å². The Morgan fingerprint density at radius 1 is 1.12 bits per heavy atom. The van der Waals surface area contributed by atoms with E-state index in [1.165, 1.54) is 17.0 Å². The van der Waals surface area contributed by atoms with Crippen molar-refractivity contribution in [3.8, 4) is 0 Å². The van der Waals surface area contributed by atoms with Gasteiger partial charge in [0.05, 0.1) is 23.9 Å². The molecule has 0 saturated heterocycles. The van der Waals surface area contributed by atoms with Gasteiger partial charge >= 0.3 is 5.88 Å². The number of hydrogen-bond donors (Lipinski definition) is 2. The van der Waals surface area contributed by atoms with Gasteiger partial charge in [0.2, 0.25) is 5.91 Å². The molecule has 136 valence electrons. The minimum absolute atomic E-state index is 0.133. The predicted octanol–water partition coefficient (Wildman–Crippen LogP) is 1.26. The van der Waals surface area contributed by atoms with Gasteiger partial charge in [-0.25, -0.2) is 0 Å². The summed E-state index contributed by atoms with van der Waals surface area (Å²) in [6, 6.07) is 8.36. The van der Waals surface area contributed by atoms with Crippen molar-refractivity contribution in [1.29, 1.82) is 0 Å². The molecule has 2 aromatic rings. The lowest BCUT2D eigenvalue weighted by Crippen LogP contribution is -2.36. The predicted molar refractivity (Wildman–Crippen MR) is 90.8 cm³/mol. The zero-order chi connectivity index (χ0) is 19.3. The average Bonchev–Trinajstić information content (AvgIpc) is 3.10. The zero-order valence-electron chi connectivity index (χ0n) is 14.0. The fourth-order valence-corrected chi connectivity index (χ4v) is 1.93. The first kappa shape index (κ1) is 18.6. The quantitative estimate of drug-likeness (QED) is 0.588. The second-order valence-electron chi connectivity index (χ2n) is 5.37. The van der Waals surface area contributed by atoms with Crippen LogP contribution in [0.2, 0.25) is 0 Å². The standard InChI is InChI=1S/C16H16N4O6/c1-19(2)13(21)9-17-15(22)10-5-3-4-6-11(10)18-16(23)12-7-8-14(26-12)20(24)25/h3-8H,9H2,1-2H3,(H,17,22)(H,18,23). The lowest BCUT2D eigenvalue weighted by molar-refractivity contribution is -0.402. The Bertz CT molecular complexity index is 858. The molecule has 10 heteroatoms. The molecule has 1 heterocycles. The van der Waals surface area contributed by atoms with Gasteiger partial charge in [-0.3, -0.25) is 24.5 Å². The first-order chi connectivity index (χ1) is 12.3. The third kappa shape index (κ3) is 4.44. The van der Waals surface area contributed by atoms with Crippen LogP contribution < -0.4 is 10.6 Å². The van der Waals surface area contributed by atoms with Crippen molar-refractivity contribution in [3.63, 3.8) is 0 Å². The van der Waals surface area contributed by atoms with E-state index in [0.29, 0.717) is 0 Å². The number of nitrogens with one attached hydrogen (secondary N) is 2. The number of rotatable bonds is 6. The number of hydrogen-bond acceptors (Lipinski definition) is 6. The summed E-state index contributed by atoms with van der Waals surface area (Å²) >= 11 is 0. The van der Waals surface area contributed by atoms with Crippen molar-refractivity contribution in [2.24, 2.45) is 0 Å². The van der Waals surface area contributed by atoms with E-state index in [0.717, 1.165) is 12.1 Å². The van der Waals surface area contributed by atoms with Gasteiger partial charge in [0, 0.05) is 14.1 Å². The van der Waals surface area contributed by atoms with Gasteiger partial charge in [0.25, 0.3) is 11.8 Å². The van der Waals surface area contributed by atoms with Gasteiger partial charge in [-0.05, 0) is 18.2 Å². The third-order valence-electron chi connectivity index (χ3n) is 3.31. The maximum absolute atomic E-state index is 12.3. The molecule has 0 radical (unpaired) electrons. The Labute approximate surface area is 147 Å². The van der Waals surface area contributed by atoms with Crippen molar-refractivity contribution < 1.29 is 23.7 Å². The van der Waals surface area contributed by atoms with E-state index < -0.39 is 22.6 Å². The summed E-state index contributed by atoms with van der Waals surface area (Å²) in [7, 11) is 3.12. The van der Waals surface area contributed by atoms with Crippen LogP contribution in [0, 0.1) is 10.1 Å². The fraction of sp³-hybridized carbons (Fsp3) is 0.188. The lowest BCUT2D eigenvalue weighted by atomic mass is 10.1. The van der Waals surface area contributed by atoms with Gasteiger partial charge in [-0.15, -0.1) is 0 Å². The topological polar surface area (TPSA) is 135 Å². The third-order valence-corrected chi connectivity index (χ3v) is 3.31. The molecule has 0 aliphatic carbocycles. The zero-order valence-corrected chi connectivity index (χ0v) is 14.0. The second-order valence-corrected chi connectivity index (χ2v) is 5.37. The smallest absolute Gasteiger partial charge is 0.395 e. The molecule has 0 aliphatic rings. The number of likely N-dealkylation sites (N-methyl/N-ethyl adjacent to an activating group) is 1. The Morgan fingerprint density at radius 2 is 1.81 bits per heavy atom. The van der Waals surface area contributed by atoms with E-state index in [4.69, 9.17) is 4.42 Å². The van der Waals surface area contributed by atoms with E-state index in [1.54, 1.807) is 26.2 Å². The number of para-hydroxylation sites is 1. The highest BCUT2D eigenvalue weighted by Crippen LogP contribution is 2.19. The van der Waals surface area contributed by atoms with Crippen LogP contribution >= 0.6 is 0 Å². The first-order valence-corrected chi connectivity index (χ1v) is 7.42. The van der Waals surface area contributed by atoms with Gasteiger partial charge in [0.15, 0.2) is 5.76 Å².